The summed E-state index contributed by atoms with van der Waals surface area (Å²) in [5.74, 6) is 0.0212. The summed E-state index contributed by atoms with van der Waals surface area (Å²) in [6.45, 7) is 6.22. The minimum absolute atomic E-state index is 0.0212. The van der Waals surface area contributed by atoms with Crippen molar-refractivity contribution in [2.24, 2.45) is 0 Å². The number of nitrogens with zero attached hydrogens (tertiary/aromatic N) is 4. The topological polar surface area (TPSA) is 61.4 Å². The Morgan fingerprint density at radius 3 is 2.78 bits per heavy atom. The predicted molar refractivity (Wildman–Crippen MR) is 92.6 cm³/mol. The molecule has 1 saturated heterocycles. The number of amides is 1. The van der Waals surface area contributed by atoms with E-state index in [9.17, 15) is 4.79 Å². The van der Waals surface area contributed by atoms with Gasteiger partial charge in [0.25, 0.3) is 0 Å². The lowest BCUT2D eigenvalue weighted by atomic mass is 9.94. The highest BCUT2D eigenvalue weighted by molar-refractivity contribution is 7.13. The Hall–Kier alpha value is -1.05. The monoisotopic (exact) mass is 337 g/mol. The summed E-state index contributed by atoms with van der Waals surface area (Å²) >= 11 is 1.36. The Morgan fingerprint density at radius 1 is 1.22 bits per heavy atom. The molecule has 1 aromatic rings. The molecule has 1 aliphatic carbocycles. The van der Waals surface area contributed by atoms with E-state index in [0.29, 0.717) is 5.13 Å². The summed E-state index contributed by atoms with van der Waals surface area (Å²) in [6.07, 6.45) is 8.02. The Bertz CT molecular complexity index is 489. The zero-order chi connectivity index (χ0) is 16.1. The Labute approximate surface area is 142 Å². The average molecular weight is 337 g/mol. The van der Waals surface area contributed by atoms with E-state index in [1.54, 1.807) is 5.51 Å². The first kappa shape index (κ1) is 16.8. The van der Waals surface area contributed by atoms with E-state index >= 15 is 0 Å². The molecular formula is C16H27N5OS. The summed E-state index contributed by atoms with van der Waals surface area (Å²) in [6, 6.07) is 0.652. The highest BCUT2D eigenvalue weighted by Crippen LogP contribution is 2.24. The van der Waals surface area contributed by atoms with E-state index in [4.69, 9.17) is 0 Å². The first-order chi connectivity index (χ1) is 11.2. The zero-order valence-corrected chi connectivity index (χ0v) is 14.7. The first-order valence-electron chi connectivity index (χ1n) is 8.79. The number of hydrogen-bond donors (Lipinski definition) is 1. The Balaban J connectivity index is 1.51. The van der Waals surface area contributed by atoms with Gasteiger partial charge < -0.3 is 0 Å². The van der Waals surface area contributed by atoms with Gasteiger partial charge in [-0.05, 0) is 32.7 Å². The van der Waals surface area contributed by atoms with Gasteiger partial charge in [0.1, 0.15) is 5.51 Å². The summed E-state index contributed by atoms with van der Waals surface area (Å²) in [7, 11) is 0. The van der Waals surface area contributed by atoms with E-state index in [2.05, 4.69) is 25.3 Å². The number of anilines is 1. The van der Waals surface area contributed by atoms with Crippen molar-refractivity contribution in [3.8, 4) is 0 Å². The minimum atomic E-state index is -0.120. The largest absolute Gasteiger partial charge is 0.299 e. The fourth-order valence-electron chi connectivity index (χ4n) is 3.76. The molecule has 3 rings (SSSR count). The fourth-order valence-corrected chi connectivity index (χ4v) is 4.21. The second-order valence-electron chi connectivity index (χ2n) is 6.63. The molecule has 2 aliphatic rings. The first-order valence-corrected chi connectivity index (χ1v) is 9.67. The van der Waals surface area contributed by atoms with Gasteiger partial charge in [-0.3, -0.25) is 19.9 Å². The smallest absolute Gasteiger partial charge is 0.243 e. The van der Waals surface area contributed by atoms with Crippen LogP contribution in [0.1, 0.15) is 45.4 Å². The normalized spacial score (nSPS) is 23.3. The molecule has 1 atom stereocenters. The number of nitrogens with one attached hydrogen (secondary N) is 1. The van der Waals surface area contributed by atoms with Crippen LogP contribution in [0.15, 0.2) is 5.51 Å². The fraction of sp³-hybridized carbons (Fsp3) is 0.812. The molecule has 0 unspecified atom stereocenters. The molecule has 1 aliphatic heterocycles. The quantitative estimate of drug-likeness (QED) is 0.913. The molecule has 0 spiro atoms. The van der Waals surface area contributed by atoms with Crippen molar-refractivity contribution in [1.82, 2.24) is 20.0 Å². The van der Waals surface area contributed by atoms with Crippen molar-refractivity contribution >= 4 is 22.4 Å². The third-order valence-corrected chi connectivity index (χ3v) is 5.78. The van der Waals surface area contributed by atoms with Crippen LogP contribution in [-0.2, 0) is 4.79 Å². The molecule has 23 heavy (non-hydrogen) atoms. The molecule has 1 amide bonds. The van der Waals surface area contributed by atoms with Gasteiger partial charge in [-0.1, -0.05) is 30.6 Å². The molecular weight excluding hydrogens is 310 g/mol. The lowest BCUT2D eigenvalue weighted by Gasteiger charge is -2.33. The maximum Gasteiger partial charge on any atom is 0.243 e. The van der Waals surface area contributed by atoms with Crippen LogP contribution in [0.3, 0.4) is 0 Å². The van der Waals surface area contributed by atoms with Crippen molar-refractivity contribution in [3.63, 3.8) is 0 Å². The summed E-state index contributed by atoms with van der Waals surface area (Å²) in [5.41, 5.74) is 1.63. The number of carbonyl (C=O) groups excluding carboxylic acids is 1. The lowest BCUT2D eigenvalue weighted by Crippen LogP contribution is -2.45. The van der Waals surface area contributed by atoms with Crippen LogP contribution in [0, 0.1) is 0 Å². The van der Waals surface area contributed by atoms with Crippen molar-refractivity contribution < 1.29 is 4.79 Å². The molecule has 1 aromatic heterocycles. The third-order valence-electron chi connectivity index (χ3n) is 5.17. The summed E-state index contributed by atoms with van der Waals surface area (Å²) in [4.78, 5) is 17.3. The van der Waals surface area contributed by atoms with Crippen LogP contribution in [0.4, 0.5) is 5.13 Å². The molecule has 2 heterocycles. The highest BCUT2D eigenvalue weighted by Gasteiger charge is 2.27. The van der Waals surface area contributed by atoms with Crippen LogP contribution in [-0.4, -0.2) is 64.2 Å². The number of carbonyl (C=O) groups is 1. The van der Waals surface area contributed by atoms with E-state index < -0.39 is 0 Å². The predicted octanol–water partition coefficient (Wildman–Crippen LogP) is 2.21. The van der Waals surface area contributed by atoms with Gasteiger partial charge in [0, 0.05) is 25.7 Å². The van der Waals surface area contributed by atoms with Crippen LogP contribution < -0.4 is 5.32 Å². The van der Waals surface area contributed by atoms with E-state index in [0.717, 1.165) is 32.1 Å². The Morgan fingerprint density at radius 2 is 2.04 bits per heavy atom. The SMILES string of the molecule is C[C@@H](C(=O)Nc1nncs1)N1CCCN(C2CCCCC2)CC1. The van der Waals surface area contributed by atoms with Crippen LogP contribution in [0.2, 0.25) is 0 Å². The van der Waals surface area contributed by atoms with Gasteiger partial charge in [0.15, 0.2) is 0 Å². The second-order valence-corrected chi connectivity index (χ2v) is 7.46. The van der Waals surface area contributed by atoms with Crippen molar-refractivity contribution in [2.75, 3.05) is 31.5 Å². The Kier molecular flexibility index (Phi) is 5.96. The van der Waals surface area contributed by atoms with E-state index in [1.807, 2.05) is 6.92 Å². The number of rotatable bonds is 4. The average Bonchev–Trinajstić information content (AvgIpc) is 2.96. The standard InChI is InChI=1S/C16H27N5OS/c1-13(15(22)18-16-19-17-12-23-16)20-8-5-9-21(11-10-20)14-6-3-2-4-7-14/h12-14H,2-11H2,1H3,(H,18,19,22)/t13-/m0/s1. The molecule has 0 aromatic carbocycles. The third kappa shape index (κ3) is 4.49. The molecule has 0 radical (unpaired) electrons. The summed E-state index contributed by atoms with van der Waals surface area (Å²) < 4.78 is 0. The van der Waals surface area contributed by atoms with Crippen LogP contribution in [0.25, 0.3) is 0 Å². The molecule has 2 fully saturated rings. The molecule has 0 bridgehead atoms. The van der Waals surface area contributed by atoms with Crippen molar-refractivity contribution in [3.05, 3.63) is 5.51 Å². The van der Waals surface area contributed by atoms with Gasteiger partial charge in [-0.2, -0.15) is 0 Å². The van der Waals surface area contributed by atoms with Gasteiger partial charge in [0.05, 0.1) is 6.04 Å². The molecule has 128 valence electrons. The molecule has 6 nitrogen and oxygen atoms in total. The van der Waals surface area contributed by atoms with Crippen LogP contribution >= 0.6 is 11.3 Å². The van der Waals surface area contributed by atoms with E-state index in [-0.39, 0.29) is 11.9 Å². The lowest BCUT2D eigenvalue weighted by molar-refractivity contribution is -0.120. The second kappa shape index (κ2) is 8.17. The van der Waals surface area contributed by atoms with E-state index in [1.165, 1.54) is 50.0 Å². The molecule has 1 N–H and O–H groups in total. The molecule has 1 saturated carbocycles. The van der Waals surface area contributed by atoms with Gasteiger partial charge >= 0.3 is 0 Å². The molecule has 7 heteroatoms. The maximum absolute atomic E-state index is 12.4. The number of aromatic nitrogens is 2. The summed E-state index contributed by atoms with van der Waals surface area (Å²) in [5, 5.41) is 11.1. The van der Waals surface area contributed by atoms with Crippen LogP contribution in [0.5, 0.6) is 0 Å². The van der Waals surface area contributed by atoms with Gasteiger partial charge in [-0.25, -0.2) is 0 Å². The van der Waals surface area contributed by atoms with Gasteiger partial charge in [0.2, 0.25) is 11.0 Å². The maximum atomic E-state index is 12.4. The van der Waals surface area contributed by atoms with Crippen molar-refractivity contribution in [1.29, 1.82) is 0 Å². The zero-order valence-electron chi connectivity index (χ0n) is 13.9. The number of hydrogen-bond acceptors (Lipinski definition) is 6. The van der Waals surface area contributed by atoms with Crippen molar-refractivity contribution in [2.45, 2.75) is 57.5 Å². The highest BCUT2D eigenvalue weighted by atomic mass is 32.1. The van der Waals surface area contributed by atoms with Gasteiger partial charge in [-0.15, -0.1) is 10.2 Å². The minimum Gasteiger partial charge on any atom is -0.299 e.